The maximum atomic E-state index is 11.7. The summed E-state index contributed by atoms with van der Waals surface area (Å²) < 4.78 is 0. The molecule has 0 spiro atoms. The maximum absolute atomic E-state index is 11.7. The number of aromatic amines is 1. The standard InChI is InChI=1S/C14H17N3OS/c1-10-3-4-13(7-11(10)2)19-6-5-14(18)17-12-8-15-16-9-12/h3-4,7-9H,5-6H2,1-2H3,(H,15,16)(H,17,18). The fraction of sp³-hybridized carbons (Fsp3) is 0.286. The van der Waals surface area contributed by atoms with E-state index in [-0.39, 0.29) is 5.91 Å². The number of hydrogen-bond acceptors (Lipinski definition) is 3. The molecule has 19 heavy (non-hydrogen) atoms. The highest BCUT2D eigenvalue weighted by atomic mass is 32.2. The van der Waals surface area contributed by atoms with Crippen LogP contribution < -0.4 is 5.32 Å². The minimum Gasteiger partial charge on any atom is -0.323 e. The summed E-state index contributed by atoms with van der Waals surface area (Å²) in [5.41, 5.74) is 3.29. The van der Waals surface area contributed by atoms with E-state index in [1.54, 1.807) is 24.2 Å². The first kappa shape index (κ1) is 13.7. The second kappa shape index (κ2) is 6.43. The van der Waals surface area contributed by atoms with Crippen LogP contribution in [0.1, 0.15) is 17.5 Å². The third kappa shape index (κ3) is 4.13. The van der Waals surface area contributed by atoms with Gasteiger partial charge in [0, 0.05) is 23.3 Å². The lowest BCUT2D eigenvalue weighted by Crippen LogP contribution is -2.11. The van der Waals surface area contributed by atoms with E-state index in [0.29, 0.717) is 12.1 Å². The quantitative estimate of drug-likeness (QED) is 0.824. The number of aryl methyl sites for hydroxylation is 2. The number of H-pyrrole nitrogens is 1. The van der Waals surface area contributed by atoms with Crippen LogP contribution in [0.25, 0.3) is 0 Å². The van der Waals surface area contributed by atoms with Crippen molar-refractivity contribution in [1.29, 1.82) is 0 Å². The molecule has 0 aliphatic carbocycles. The largest absolute Gasteiger partial charge is 0.323 e. The van der Waals surface area contributed by atoms with Crippen LogP contribution in [0.4, 0.5) is 5.69 Å². The lowest BCUT2D eigenvalue weighted by molar-refractivity contribution is -0.115. The molecule has 2 rings (SSSR count). The first-order valence-corrected chi connectivity index (χ1v) is 7.12. The molecular weight excluding hydrogens is 258 g/mol. The van der Waals surface area contributed by atoms with Gasteiger partial charge in [-0.3, -0.25) is 9.89 Å². The van der Waals surface area contributed by atoms with E-state index in [1.165, 1.54) is 16.0 Å². The van der Waals surface area contributed by atoms with E-state index in [0.717, 1.165) is 5.75 Å². The van der Waals surface area contributed by atoms with Crippen LogP contribution in [0.2, 0.25) is 0 Å². The third-order valence-corrected chi connectivity index (χ3v) is 3.85. The van der Waals surface area contributed by atoms with Crippen LogP contribution in [0, 0.1) is 13.8 Å². The van der Waals surface area contributed by atoms with E-state index in [1.807, 2.05) is 0 Å². The summed E-state index contributed by atoms with van der Waals surface area (Å²) in [7, 11) is 0. The van der Waals surface area contributed by atoms with Crippen molar-refractivity contribution in [3.63, 3.8) is 0 Å². The van der Waals surface area contributed by atoms with Crippen molar-refractivity contribution in [2.45, 2.75) is 25.2 Å². The number of nitrogens with one attached hydrogen (secondary N) is 2. The SMILES string of the molecule is Cc1ccc(SCCC(=O)Nc2cn[nH]c2)cc1C. The van der Waals surface area contributed by atoms with Gasteiger partial charge in [-0.05, 0) is 37.1 Å². The van der Waals surface area contributed by atoms with E-state index in [9.17, 15) is 4.79 Å². The summed E-state index contributed by atoms with van der Waals surface area (Å²) >= 11 is 1.70. The highest BCUT2D eigenvalue weighted by Gasteiger charge is 2.04. The van der Waals surface area contributed by atoms with E-state index >= 15 is 0 Å². The Morgan fingerprint density at radius 1 is 1.37 bits per heavy atom. The molecule has 0 bridgehead atoms. The summed E-state index contributed by atoms with van der Waals surface area (Å²) in [5.74, 6) is 0.782. The monoisotopic (exact) mass is 275 g/mol. The van der Waals surface area contributed by atoms with Crippen molar-refractivity contribution in [1.82, 2.24) is 10.2 Å². The Balaban J connectivity index is 1.76. The fourth-order valence-corrected chi connectivity index (χ4v) is 2.56. The molecule has 1 amide bonds. The van der Waals surface area contributed by atoms with Crippen LogP contribution in [-0.2, 0) is 4.79 Å². The molecule has 0 fully saturated rings. The van der Waals surface area contributed by atoms with E-state index in [4.69, 9.17) is 0 Å². The van der Waals surface area contributed by atoms with Crippen molar-refractivity contribution >= 4 is 23.4 Å². The van der Waals surface area contributed by atoms with E-state index in [2.05, 4.69) is 47.6 Å². The lowest BCUT2D eigenvalue weighted by atomic mass is 10.1. The van der Waals surface area contributed by atoms with Gasteiger partial charge in [0.2, 0.25) is 5.91 Å². The summed E-state index contributed by atoms with van der Waals surface area (Å²) in [4.78, 5) is 12.9. The molecule has 0 saturated heterocycles. The van der Waals surface area contributed by atoms with Gasteiger partial charge in [0.05, 0.1) is 11.9 Å². The minimum atomic E-state index is 0.0118. The van der Waals surface area contributed by atoms with Gasteiger partial charge in [0.25, 0.3) is 0 Å². The van der Waals surface area contributed by atoms with Crippen molar-refractivity contribution in [3.05, 3.63) is 41.7 Å². The first-order chi connectivity index (χ1) is 9.15. The smallest absolute Gasteiger partial charge is 0.225 e. The Morgan fingerprint density at radius 3 is 2.89 bits per heavy atom. The zero-order chi connectivity index (χ0) is 13.7. The van der Waals surface area contributed by atoms with E-state index < -0.39 is 0 Å². The highest BCUT2D eigenvalue weighted by molar-refractivity contribution is 7.99. The predicted molar refractivity (Wildman–Crippen MR) is 78.5 cm³/mol. The Kier molecular flexibility index (Phi) is 4.63. The average Bonchev–Trinajstić information content (AvgIpc) is 2.86. The Hall–Kier alpha value is -1.75. The lowest BCUT2D eigenvalue weighted by Gasteiger charge is -2.05. The molecule has 2 N–H and O–H groups in total. The summed E-state index contributed by atoms with van der Waals surface area (Å²) in [6.07, 6.45) is 3.74. The number of thioether (sulfide) groups is 1. The fourth-order valence-electron chi connectivity index (χ4n) is 1.61. The zero-order valence-electron chi connectivity index (χ0n) is 11.1. The minimum absolute atomic E-state index is 0.0118. The van der Waals surface area contributed by atoms with Crippen LogP contribution >= 0.6 is 11.8 Å². The van der Waals surface area contributed by atoms with Gasteiger partial charge in [-0.25, -0.2) is 0 Å². The molecule has 0 aliphatic heterocycles. The van der Waals surface area contributed by atoms with Gasteiger partial charge in [0.1, 0.15) is 0 Å². The molecule has 0 saturated carbocycles. The Morgan fingerprint density at radius 2 is 2.21 bits per heavy atom. The number of amides is 1. The number of anilines is 1. The average molecular weight is 275 g/mol. The molecule has 5 heteroatoms. The van der Waals surface area contributed by atoms with Crippen LogP contribution in [0.3, 0.4) is 0 Å². The van der Waals surface area contributed by atoms with Gasteiger partial charge < -0.3 is 5.32 Å². The highest BCUT2D eigenvalue weighted by Crippen LogP contribution is 2.21. The Labute approximate surface area is 117 Å². The molecule has 4 nitrogen and oxygen atoms in total. The molecule has 1 aromatic heterocycles. The number of carbonyl (C=O) groups is 1. The van der Waals surface area contributed by atoms with Crippen molar-refractivity contribution in [2.24, 2.45) is 0 Å². The first-order valence-electron chi connectivity index (χ1n) is 6.14. The molecular formula is C14H17N3OS. The second-order valence-corrected chi connectivity index (χ2v) is 5.55. The van der Waals surface area contributed by atoms with Gasteiger partial charge in [0.15, 0.2) is 0 Å². The van der Waals surface area contributed by atoms with Crippen LogP contribution in [0.5, 0.6) is 0 Å². The van der Waals surface area contributed by atoms with Crippen molar-refractivity contribution < 1.29 is 4.79 Å². The van der Waals surface area contributed by atoms with Gasteiger partial charge in [-0.1, -0.05) is 6.07 Å². The van der Waals surface area contributed by atoms with Crippen molar-refractivity contribution in [3.8, 4) is 0 Å². The van der Waals surface area contributed by atoms with Gasteiger partial charge in [-0.2, -0.15) is 5.10 Å². The molecule has 0 radical (unpaired) electrons. The number of aromatic nitrogens is 2. The molecule has 0 unspecified atom stereocenters. The molecule has 100 valence electrons. The summed E-state index contributed by atoms with van der Waals surface area (Å²) in [5, 5.41) is 9.22. The number of rotatable bonds is 5. The molecule has 0 atom stereocenters. The van der Waals surface area contributed by atoms with Crippen LogP contribution in [-0.4, -0.2) is 21.9 Å². The molecule has 2 aromatic rings. The molecule has 0 aliphatic rings. The number of nitrogens with zero attached hydrogens (tertiary/aromatic N) is 1. The maximum Gasteiger partial charge on any atom is 0.225 e. The normalized spacial score (nSPS) is 10.4. The predicted octanol–water partition coefficient (Wildman–Crippen LogP) is 3.15. The van der Waals surface area contributed by atoms with Gasteiger partial charge >= 0.3 is 0 Å². The number of benzene rings is 1. The Bertz CT molecular complexity index is 552. The second-order valence-electron chi connectivity index (χ2n) is 4.38. The topological polar surface area (TPSA) is 57.8 Å². The molecule has 1 heterocycles. The van der Waals surface area contributed by atoms with Crippen molar-refractivity contribution in [2.75, 3.05) is 11.1 Å². The van der Waals surface area contributed by atoms with Crippen LogP contribution in [0.15, 0.2) is 35.5 Å². The number of hydrogen-bond donors (Lipinski definition) is 2. The summed E-state index contributed by atoms with van der Waals surface area (Å²) in [6, 6.07) is 6.37. The zero-order valence-corrected chi connectivity index (χ0v) is 11.9. The molecule has 1 aromatic carbocycles. The third-order valence-electron chi connectivity index (χ3n) is 2.86. The number of carbonyl (C=O) groups excluding carboxylic acids is 1. The summed E-state index contributed by atoms with van der Waals surface area (Å²) in [6.45, 7) is 4.20. The van der Waals surface area contributed by atoms with Gasteiger partial charge in [-0.15, -0.1) is 11.8 Å².